The van der Waals surface area contributed by atoms with Crippen LogP contribution in [0.5, 0.6) is 17.2 Å². The van der Waals surface area contributed by atoms with Crippen LogP contribution in [-0.4, -0.2) is 18.3 Å². The lowest BCUT2D eigenvalue weighted by Crippen LogP contribution is -2.00. The number of aromatic hydroxyl groups is 1. The Morgan fingerprint density at radius 2 is 1.65 bits per heavy atom. The highest BCUT2D eigenvalue weighted by atomic mass is 35.5. The Morgan fingerprint density at radius 3 is 2.24 bits per heavy atom. The van der Waals surface area contributed by atoms with E-state index >= 15 is 0 Å². The molecule has 3 nitrogen and oxygen atoms in total. The van der Waals surface area contributed by atoms with E-state index < -0.39 is 0 Å². The van der Waals surface area contributed by atoms with Gasteiger partial charge in [0.2, 0.25) is 0 Å². The maximum Gasteiger partial charge on any atom is 0.164 e. The molecule has 0 bridgehead atoms. The third-order valence-corrected chi connectivity index (χ3v) is 2.74. The van der Waals surface area contributed by atoms with Gasteiger partial charge in [-0.3, -0.25) is 0 Å². The van der Waals surface area contributed by atoms with Crippen LogP contribution >= 0.6 is 23.2 Å². The van der Waals surface area contributed by atoms with Crippen molar-refractivity contribution >= 4 is 23.2 Å². The monoisotopic (exact) mass is 278 g/mol. The van der Waals surface area contributed by atoms with Crippen LogP contribution in [0.15, 0.2) is 6.07 Å². The molecule has 0 aliphatic carbocycles. The molecule has 0 unspecified atom stereocenters. The third kappa shape index (κ3) is 3.58. The lowest BCUT2D eigenvalue weighted by atomic mass is 10.3. The number of rotatable bonds is 6. The first-order valence-corrected chi connectivity index (χ1v) is 6.33. The van der Waals surface area contributed by atoms with Crippen LogP contribution in [0.3, 0.4) is 0 Å². The summed E-state index contributed by atoms with van der Waals surface area (Å²) in [5.41, 5.74) is 0. The van der Waals surface area contributed by atoms with Crippen molar-refractivity contribution < 1.29 is 14.6 Å². The fourth-order valence-electron chi connectivity index (χ4n) is 1.22. The van der Waals surface area contributed by atoms with E-state index in [0.717, 1.165) is 12.8 Å². The molecule has 96 valence electrons. The molecule has 0 atom stereocenters. The minimum atomic E-state index is -0.0896. The van der Waals surface area contributed by atoms with Gasteiger partial charge in [0.15, 0.2) is 5.75 Å². The number of benzene rings is 1. The zero-order valence-corrected chi connectivity index (χ0v) is 11.4. The van der Waals surface area contributed by atoms with Gasteiger partial charge in [-0.15, -0.1) is 0 Å². The molecular weight excluding hydrogens is 263 g/mol. The first-order chi connectivity index (χ1) is 8.11. The second-order valence-corrected chi connectivity index (χ2v) is 4.30. The summed E-state index contributed by atoms with van der Waals surface area (Å²) in [6.07, 6.45) is 1.68. The predicted molar refractivity (Wildman–Crippen MR) is 69.7 cm³/mol. The first kappa shape index (κ1) is 14.3. The molecule has 1 aromatic carbocycles. The summed E-state index contributed by atoms with van der Waals surface area (Å²) in [6.45, 7) is 4.96. The van der Waals surface area contributed by atoms with Crippen molar-refractivity contribution in [3.05, 3.63) is 16.1 Å². The number of hydrogen-bond donors (Lipinski definition) is 1. The summed E-state index contributed by atoms with van der Waals surface area (Å²) >= 11 is 12.0. The van der Waals surface area contributed by atoms with Gasteiger partial charge in [0.1, 0.15) is 21.5 Å². The van der Waals surface area contributed by atoms with Crippen LogP contribution in [0.2, 0.25) is 10.0 Å². The third-order valence-electron chi connectivity index (χ3n) is 2.02. The second kappa shape index (κ2) is 6.82. The van der Waals surface area contributed by atoms with Crippen LogP contribution < -0.4 is 9.47 Å². The van der Waals surface area contributed by atoms with E-state index in [9.17, 15) is 5.11 Å². The van der Waals surface area contributed by atoms with Crippen molar-refractivity contribution in [2.24, 2.45) is 0 Å². The van der Waals surface area contributed by atoms with Crippen molar-refractivity contribution in [1.82, 2.24) is 0 Å². The average molecular weight is 279 g/mol. The van der Waals surface area contributed by atoms with Crippen LogP contribution in [-0.2, 0) is 0 Å². The van der Waals surface area contributed by atoms with E-state index in [1.807, 2.05) is 13.8 Å². The van der Waals surface area contributed by atoms with Gasteiger partial charge in [-0.05, 0) is 12.8 Å². The number of phenols is 1. The molecule has 0 heterocycles. The Kier molecular flexibility index (Phi) is 5.72. The van der Waals surface area contributed by atoms with E-state index in [0.29, 0.717) is 24.0 Å². The lowest BCUT2D eigenvalue weighted by molar-refractivity contribution is 0.299. The largest absolute Gasteiger partial charge is 0.506 e. The van der Waals surface area contributed by atoms with Crippen LogP contribution in [0.4, 0.5) is 0 Å². The van der Waals surface area contributed by atoms with Gasteiger partial charge in [0, 0.05) is 6.07 Å². The Bertz CT molecular complexity index is 381. The molecule has 0 radical (unpaired) electrons. The van der Waals surface area contributed by atoms with Crippen molar-refractivity contribution in [3.63, 3.8) is 0 Å². The molecular formula is C12H16Cl2O3. The summed E-state index contributed by atoms with van der Waals surface area (Å²) < 4.78 is 10.8. The van der Waals surface area contributed by atoms with Gasteiger partial charge in [-0.2, -0.15) is 0 Å². The Morgan fingerprint density at radius 1 is 1.06 bits per heavy atom. The number of halogens is 2. The van der Waals surface area contributed by atoms with E-state index in [4.69, 9.17) is 32.7 Å². The smallest absolute Gasteiger partial charge is 0.164 e. The SMILES string of the molecule is CCCOc1cc(O)c(Cl)c(OCCC)c1Cl. The first-order valence-electron chi connectivity index (χ1n) is 5.58. The molecule has 0 aliphatic rings. The maximum absolute atomic E-state index is 9.65. The van der Waals surface area contributed by atoms with E-state index in [2.05, 4.69) is 0 Å². The van der Waals surface area contributed by atoms with Crippen LogP contribution in [0.1, 0.15) is 26.7 Å². The molecule has 0 aromatic heterocycles. The van der Waals surface area contributed by atoms with Gasteiger partial charge in [-0.25, -0.2) is 0 Å². The summed E-state index contributed by atoms with van der Waals surface area (Å²) in [7, 11) is 0. The summed E-state index contributed by atoms with van der Waals surface area (Å²) in [5, 5.41) is 10.1. The van der Waals surface area contributed by atoms with Crippen molar-refractivity contribution in [2.75, 3.05) is 13.2 Å². The van der Waals surface area contributed by atoms with Crippen LogP contribution in [0.25, 0.3) is 0 Å². The van der Waals surface area contributed by atoms with E-state index in [1.54, 1.807) is 0 Å². The van der Waals surface area contributed by atoms with Gasteiger partial charge >= 0.3 is 0 Å². The zero-order valence-electron chi connectivity index (χ0n) is 9.93. The standard InChI is InChI=1S/C12H16Cl2O3/c1-3-5-16-9-7-8(15)10(13)12(11(9)14)17-6-4-2/h7,15H,3-6H2,1-2H3. The second-order valence-electron chi connectivity index (χ2n) is 3.55. The van der Waals surface area contributed by atoms with E-state index in [1.165, 1.54) is 6.07 Å². The molecule has 0 saturated heterocycles. The Hall–Kier alpha value is -0.800. The number of ether oxygens (including phenoxy) is 2. The fraction of sp³-hybridized carbons (Fsp3) is 0.500. The normalized spacial score (nSPS) is 10.4. The summed E-state index contributed by atoms with van der Waals surface area (Å²) in [4.78, 5) is 0. The molecule has 5 heteroatoms. The molecule has 0 fully saturated rings. The van der Waals surface area contributed by atoms with Crippen molar-refractivity contribution in [3.8, 4) is 17.2 Å². The zero-order chi connectivity index (χ0) is 12.8. The van der Waals surface area contributed by atoms with Crippen molar-refractivity contribution in [2.45, 2.75) is 26.7 Å². The highest BCUT2D eigenvalue weighted by Gasteiger charge is 2.17. The molecule has 1 N–H and O–H groups in total. The lowest BCUT2D eigenvalue weighted by Gasteiger charge is -2.14. The van der Waals surface area contributed by atoms with Gasteiger partial charge in [0.05, 0.1) is 13.2 Å². The highest BCUT2D eigenvalue weighted by Crippen LogP contribution is 2.45. The summed E-state index contributed by atoms with van der Waals surface area (Å²) in [6, 6.07) is 1.40. The number of phenolic OH excluding ortho intramolecular Hbond substituents is 1. The molecule has 1 rings (SSSR count). The Labute approximate surface area is 111 Å². The maximum atomic E-state index is 9.65. The minimum Gasteiger partial charge on any atom is -0.506 e. The predicted octanol–water partition coefficient (Wildman–Crippen LogP) is 4.28. The van der Waals surface area contributed by atoms with E-state index in [-0.39, 0.29) is 16.5 Å². The molecule has 1 aromatic rings. The molecule has 17 heavy (non-hydrogen) atoms. The van der Waals surface area contributed by atoms with Crippen LogP contribution in [0, 0.1) is 0 Å². The Balaban J connectivity index is 3.04. The number of hydrogen-bond acceptors (Lipinski definition) is 3. The molecule has 0 saturated carbocycles. The molecule has 0 amide bonds. The topological polar surface area (TPSA) is 38.7 Å². The quantitative estimate of drug-likeness (QED) is 0.844. The fourth-order valence-corrected chi connectivity index (χ4v) is 1.73. The highest BCUT2D eigenvalue weighted by molar-refractivity contribution is 6.39. The van der Waals surface area contributed by atoms with Gasteiger partial charge in [-0.1, -0.05) is 37.0 Å². The minimum absolute atomic E-state index is 0.0896. The van der Waals surface area contributed by atoms with Crippen molar-refractivity contribution in [1.29, 1.82) is 0 Å². The van der Waals surface area contributed by atoms with Gasteiger partial charge < -0.3 is 14.6 Å². The van der Waals surface area contributed by atoms with Gasteiger partial charge in [0.25, 0.3) is 0 Å². The average Bonchev–Trinajstić information content (AvgIpc) is 2.32. The molecule has 0 aliphatic heterocycles. The molecule has 0 spiro atoms. The summed E-state index contributed by atoms with van der Waals surface area (Å²) in [5.74, 6) is 0.580.